The van der Waals surface area contributed by atoms with Gasteiger partial charge in [0.15, 0.2) is 0 Å². The van der Waals surface area contributed by atoms with Crippen molar-refractivity contribution in [2.45, 2.75) is 32.6 Å². The van der Waals surface area contributed by atoms with E-state index < -0.39 is 0 Å². The summed E-state index contributed by atoms with van der Waals surface area (Å²) in [4.78, 5) is 12.5. The van der Waals surface area contributed by atoms with Crippen LogP contribution in [0.5, 0.6) is 5.75 Å². The van der Waals surface area contributed by atoms with Crippen molar-refractivity contribution in [2.75, 3.05) is 12.4 Å². The van der Waals surface area contributed by atoms with Crippen LogP contribution >= 0.6 is 0 Å². The summed E-state index contributed by atoms with van der Waals surface area (Å²) in [6, 6.07) is 16.7. The van der Waals surface area contributed by atoms with Crippen molar-refractivity contribution in [1.82, 2.24) is 0 Å². The third-order valence-electron chi connectivity index (χ3n) is 5.25. The fraction of sp³-hybridized carbons (Fsp3) is 0.261. The molecule has 0 radical (unpaired) electrons. The molecule has 3 aromatic carbocycles. The third kappa shape index (κ3) is 3.05. The van der Waals surface area contributed by atoms with Crippen molar-refractivity contribution in [3.8, 4) is 5.75 Å². The van der Waals surface area contributed by atoms with Crippen LogP contribution < -0.4 is 10.1 Å². The van der Waals surface area contributed by atoms with Crippen molar-refractivity contribution in [2.24, 2.45) is 0 Å². The van der Waals surface area contributed by atoms with Crippen molar-refractivity contribution in [3.05, 3.63) is 70.8 Å². The Bertz CT molecular complexity index is 981. The van der Waals surface area contributed by atoms with Gasteiger partial charge in [-0.1, -0.05) is 36.4 Å². The first kappa shape index (κ1) is 16.6. The number of amides is 1. The highest BCUT2D eigenvalue weighted by atomic mass is 16.5. The summed E-state index contributed by atoms with van der Waals surface area (Å²) >= 11 is 0. The SMILES string of the molecule is COc1ccc(CCC(=O)Nc2ccc3c4c(cccc24)CC3)cc1C. The molecular weight excluding hydrogens is 322 g/mol. The Labute approximate surface area is 154 Å². The van der Waals surface area contributed by atoms with E-state index in [0.29, 0.717) is 6.42 Å². The molecule has 3 heteroatoms. The van der Waals surface area contributed by atoms with Crippen LogP contribution in [-0.2, 0) is 24.1 Å². The summed E-state index contributed by atoms with van der Waals surface area (Å²) in [5.74, 6) is 0.934. The minimum atomic E-state index is 0.0529. The maximum Gasteiger partial charge on any atom is 0.224 e. The van der Waals surface area contributed by atoms with E-state index in [9.17, 15) is 4.79 Å². The van der Waals surface area contributed by atoms with Gasteiger partial charge in [-0.3, -0.25) is 4.79 Å². The van der Waals surface area contributed by atoms with Crippen molar-refractivity contribution in [1.29, 1.82) is 0 Å². The van der Waals surface area contributed by atoms with E-state index in [4.69, 9.17) is 4.74 Å². The third-order valence-corrected chi connectivity index (χ3v) is 5.25. The maximum absolute atomic E-state index is 12.5. The second-order valence-corrected chi connectivity index (χ2v) is 6.96. The summed E-state index contributed by atoms with van der Waals surface area (Å²) < 4.78 is 5.29. The molecule has 4 rings (SSSR count). The lowest BCUT2D eigenvalue weighted by Gasteiger charge is -2.11. The molecule has 0 bridgehead atoms. The number of aryl methyl sites for hydroxylation is 4. The van der Waals surface area contributed by atoms with Gasteiger partial charge in [0.1, 0.15) is 5.75 Å². The van der Waals surface area contributed by atoms with Crippen LogP contribution in [0.25, 0.3) is 10.8 Å². The Hall–Kier alpha value is -2.81. The zero-order chi connectivity index (χ0) is 18.1. The molecule has 26 heavy (non-hydrogen) atoms. The highest BCUT2D eigenvalue weighted by molar-refractivity contribution is 6.05. The molecule has 1 N–H and O–H groups in total. The van der Waals surface area contributed by atoms with Crippen molar-refractivity contribution < 1.29 is 9.53 Å². The summed E-state index contributed by atoms with van der Waals surface area (Å²) in [7, 11) is 1.67. The van der Waals surface area contributed by atoms with Crippen LogP contribution in [0.15, 0.2) is 48.5 Å². The molecule has 0 spiro atoms. The van der Waals surface area contributed by atoms with E-state index >= 15 is 0 Å². The molecule has 0 atom stereocenters. The number of anilines is 1. The van der Waals surface area contributed by atoms with Gasteiger partial charge in [0.05, 0.1) is 7.11 Å². The van der Waals surface area contributed by atoms with Gasteiger partial charge in [-0.15, -0.1) is 0 Å². The molecule has 0 heterocycles. The molecular formula is C23H23NO2. The molecule has 0 fully saturated rings. The van der Waals surface area contributed by atoms with Crippen LogP contribution in [0.3, 0.4) is 0 Å². The molecule has 0 unspecified atom stereocenters. The number of nitrogens with one attached hydrogen (secondary N) is 1. The number of carbonyl (C=O) groups excluding carboxylic acids is 1. The Balaban J connectivity index is 1.48. The van der Waals surface area contributed by atoms with Gasteiger partial charge in [-0.05, 0) is 66.0 Å². The number of rotatable bonds is 5. The van der Waals surface area contributed by atoms with Crippen molar-refractivity contribution >= 4 is 22.4 Å². The van der Waals surface area contributed by atoms with Crippen LogP contribution in [0.4, 0.5) is 5.69 Å². The number of ether oxygens (including phenoxy) is 1. The molecule has 1 aliphatic rings. The van der Waals surface area contributed by atoms with Gasteiger partial charge in [-0.25, -0.2) is 0 Å². The van der Waals surface area contributed by atoms with E-state index in [2.05, 4.69) is 35.6 Å². The standard InChI is InChI=1S/C23H23NO2/c1-15-14-16(6-12-21(15)26-2)7-13-22(25)24-20-11-10-18-9-8-17-4-3-5-19(20)23(17)18/h3-6,10-12,14H,7-9,13H2,1-2H3,(H,24,25). The van der Waals surface area contributed by atoms with Gasteiger partial charge < -0.3 is 10.1 Å². The molecule has 0 aromatic heterocycles. The second kappa shape index (κ2) is 6.83. The topological polar surface area (TPSA) is 38.3 Å². The van der Waals surface area contributed by atoms with E-state index in [1.807, 2.05) is 25.1 Å². The lowest BCUT2D eigenvalue weighted by Crippen LogP contribution is -2.12. The maximum atomic E-state index is 12.5. The zero-order valence-electron chi connectivity index (χ0n) is 15.3. The number of hydrogen-bond donors (Lipinski definition) is 1. The van der Waals surface area contributed by atoms with Gasteiger partial charge in [0.25, 0.3) is 0 Å². The normalized spacial score (nSPS) is 12.4. The van der Waals surface area contributed by atoms with Gasteiger partial charge in [0, 0.05) is 17.5 Å². The van der Waals surface area contributed by atoms with Crippen LogP contribution in [0.2, 0.25) is 0 Å². The largest absolute Gasteiger partial charge is 0.496 e. The van der Waals surface area contributed by atoms with Crippen LogP contribution in [0, 0.1) is 6.92 Å². The fourth-order valence-corrected chi connectivity index (χ4v) is 3.92. The fourth-order valence-electron chi connectivity index (χ4n) is 3.92. The summed E-state index contributed by atoms with van der Waals surface area (Å²) in [5.41, 5.74) is 5.95. The minimum absolute atomic E-state index is 0.0529. The predicted octanol–water partition coefficient (Wildman–Crippen LogP) is 4.83. The summed E-state index contributed by atoms with van der Waals surface area (Å²) in [5, 5.41) is 5.60. The average Bonchev–Trinajstić information content (AvgIpc) is 3.07. The number of carbonyl (C=O) groups is 1. The Kier molecular flexibility index (Phi) is 4.37. The van der Waals surface area contributed by atoms with E-state index in [1.165, 1.54) is 16.5 Å². The molecule has 3 aromatic rings. The van der Waals surface area contributed by atoms with Gasteiger partial charge >= 0.3 is 0 Å². The number of methoxy groups -OCH3 is 1. The Morgan fingerprint density at radius 2 is 1.88 bits per heavy atom. The summed E-state index contributed by atoms with van der Waals surface area (Å²) in [6.07, 6.45) is 3.38. The molecule has 0 saturated carbocycles. The smallest absolute Gasteiger partial charge is 0.224 e. The first-order valence-corrected chi connectivity index (χ1v) is 9.12. The first-order valence-electron chi connectivity index (χ1n) is 9.12. The molecule has 1 aliphatic carbocycles. The predicted molar refractivity (Wildman–Crippen MR) is 106 cm³/mol. The molecule has 3 nitrogen and oxygen atoms in total. The zero-order valence-corrected chi connectivity index (χ0v) is 15.3. The summed E-state index contributed by atoms with van der Waals surface area (Å²) in [6.45, 7) is 2.02. The van der Waals surface area contributed by atoms with Crippen molar-refractivity contribution in [3.63, 3.8) is 0 Å². The van der Waals surface area contributed by atoms with Crippen LogP contribution in [-0.4, -0.2) is 13.0 Å². The van der Waals surface area contributed by atoms with E-state index in [1.54, 1.807) is 7.11 Å². The Morgan fingerprint density at radius 1 is 1.08 bits per heavy atom. The quantitative estimate of drug-likeness (QED) is 0.719. The number of hydrogen-bond acceptors (Lipinski definition) is 2. The molecule has 1 amide bonds. The second-order valence-electron chi connectivity index (χ2n) is 6.96. The first-order chi connectivity index (χ1) is 12.7. The lowest BCUT2D eigenvalue weighted by molar-refractivity contribution is -0.116. The lowest BCUT2D eigenvalue weighted by atomic mass is 10.0. The number of benzene rings is 3. The molecule has 0 aliphatic heterocycles. The molecule has 132 valence electrons. The monoisotopic (exact) mass is 345 g/mol. The molecule has 0 saturated heterocycles. The highest BCUT2D eigenvalue weighted by Crippen LogP contribution is 2.35. The highest BCUT2D eigenvalue weighted by Gasteiger charge is 2.16. The van der Waals surface area contributed by atoms with Gasteiger partial charge in [0.2, 0.25) is 5.91 Å². The van der Waals surface area contributed by atoms with Gasteiger partial charge in [-0.2, -0.15) is 0 Å². The Morgan fingerprint density at radius 3 is 2.65 bits per heavy atom. The average molecular weight is 345 g/mol. The van der Waals surface area contributed by atoms with Crippen LogP contribution in [0.1, 0.15) is 28.7 Å². The van der Waals surface area contributed by atoms with E-state index in [-0.39, 0.29) is 5.91 Å². The minimum Gasteiger partial charge on any atom is -0.496 e. The van der Waals surface area contributed by atoms with E-state index in [0.717, 1.165) is 47.2 Å².